The highest BCUT2D eigenvalue weighted by molar-refractivity contribution is 5.42. The van der Waals surface area contributed by atoms with Crippen LogP contribution in [0.2, 0.25) is 0 Å². The first-order chi connectivity index (χ1) is 7.83. The molecule has 0 unspecified atom stereocenters. The molecular formula is C14H23NO2. The van der Waals surface area contributed by atoms with Crippen LogP contribution >= 0.6 is 0 Å². The molecule has 0 radical (unpaired) electrons. The van der Waals surface area contributed by atoms with Gasteiger partial charge in [-0.3, -0.25) is 0 Å². The Bertz CT molecular complexity index is 381. The fourth-order valence-corrected chi connectivity index (χ4v) is 1.86. The average Bonchev–Trinajstić information content (AvgIpc) is 2.18. The number of ether oxygens (including phenoxy) is 1. The van der Waals surface area contributed by atoms with Crippen molar-refractivity contribution in [3.63, 3.8) is 0 Å². The molecule has 3 nitrogen and oxygen atoms in total. The largest absolute Gasteiger partial charge is 0.496 e. The van der Waals surface area contributed by atoms with Crippen LogP contribution in [0.3, 0.4) is 0 Å². The highest BCUT2D eigenvalue weighted by Crippen LogP contribution is 2.23. The maximum absolute atomic E-state index is 9.64. The van der Waals surface area contributed by atoms with Crippen LogP contribution in [0.15, 0.2) is 12.1 Å². The van der Waals surface area contributed by atoms with Gasteiger partial charge in [0.15, 0.2) is 0 Å². The molecule has 0 aliphatic carbocycles. The Morgan fingerprint density at radius 1 is 1.29 bits per heavy atom. The Hall–Kier alpha value is -1.06. The van der Waals surface area contributed by atoms with E-state index in [9.17, 15) is 5.11 Å². The number of nitrogens with one attached hydrogen (secondary N) is 1. The van der Waals surface area contributed by atoms with Crippen molar-refractivity contribution in [3.05, 3.63) is 28.8 Å². The monoisotopic (exact) mass is 237 g/mol. The quantitative estimate of drug-likeness (QED) is 0.824. The molecule has 0 aliphatic rings. The SMILES string of the molecule is COc1cc(C)cc(C)c1CNCC(C)(C)O. The summed E-state index contributed by atoms with van der Waals surface area (Å²) >= 11 is 0. The molecule has 1 aromatic rings. The lowest BCUT2D eigenvalue weighted by atomic mass is 10.0. The maximum Gasteiger partial charge on any atom is 0.123 e. The molecule has 1 rings (SSSR count). The van der Waals surface area contributed by atoms with Gasteiger partial charge in [-0.15, -0.1) is 0 Å². The zero-order valence-electron chi connectivity index (χ0n) is 11.4. The van der Waals surface area contributed by atoms with Gasteiger partial charge in [0.05, 0.1) is 12.7 Å². The van der Waals surface area contributed by atoms with E-state index >= 15 is 0 Å². The molecule has 1 aromatic carbocycles. The summed E-state index contributed by atoms with van der Waals surface area (Å²) in [5.74, 6) is 0.908. The summed E-state index contributed by atoms with van der Waals surface area (Å²) in [4.78, 5) is 0. The van der Waals surface area contributed by atoms with Crippen molar-refractivity contribution in [1.82, 2.24) is 5.32 Å². The number of hydrogen-bond acceptors (Lipinski definition) is 3. The van der Waals surface area contributed by atoms with Gasteiger partial charge in [0.2, 0.25) is 0 Å². The fourth-order valence-electron chi connectivity index (χ4n) is 1.86. The first-order valence-electron chi connectivity index (χ1n) is 5.90. The Morgan fingerprint density at radius 3 is 2.47 bits per heavy atom. The molecule has 0 amide bonds. The summed E-state index contributed by atoms with van der Waals surface area (Å²) in [6, 6.07) is 4.18. The molecule has 3 heteroatoms. The average molecular weight is 237 g/mol. The van der Waals surface area contributed by atoms with Crippen molar-refractivity contribution in [2.75, 3.05) is 13.7 Å². The van der Waals surface area contributed by atoms with Gasteiger partial charge >= 0.3 is 0 Å². The topological polar surface area (TPSA) is 41.5 Å². The Balaban J connectivity index is 2.76. The Kier molecular flexibility index (Phi) is 4.54. The summed E-state index contributed by atoms with van der Waals surface area (Å²) in [7, 11) is 1.69. The lowest BCUT2D eigenvalue weighted by Gasteiger charge is -2.19. The number of methoxy groups -OCH3 is 1. The minimum absolute atomic E-state index is 0.559. The highest BCUT2D eigenvalue weighted by Gasteiger charge is 2.13. The normalized spacial score (nSPS) is 11.6. The Labute approximate surface area is 104 Å². The van der Waals surface area contributed by atoms with Crippen molar-refractivity contribution in [3.8, 4) is 5.75 Å². The third kappa shape index (κ3) is 4.36. The van der Waals surface area contributed by atoms with Crippen molar-refractivity contribution >= 4 is 0 Å². The highest BCUT2D eigenvalue weighted by atomic mass is 16.5. The summed E-state index contributed by atoms with van der Waals surface area (Å²) in [5.41, 5.74) is 2.88. The van der Waals surface area contributed by atoms with E-state index in [0.29, 0.717) is 13.1 Å². The standard InChI is InChI=1S/C14H23NO2/c1-10-6-11(2)12(13(7-10)17-5)8-15-9-14(3,4)16/h6-7,15-16H,8-9H2,1-5H3. The van der Waals surface area contributed by atoms with Crippen LogP contribution in [-0.4, -0.2) is 24.4 Å². The van der Waals surface area contributed by atoms with Gasteiger partial charge in [0.25, 0.3) is 0 Å². The van der Waals surface area contributed by atoms with Crippen molar-refractivity contribution in [2.24, 2.45) is 0 Å². The molecule has 0 aliphatic heterocycles. The molecule has 0 saturated carbocycles. The molecule has 0 bridgehead atoms. The smallest absolute Gasteiger partial charge is 0.123 e. The number of aryl methyl sites for hydroxylation is 2. The van der Waals surface area contributed by atoms with Crippen LogP contribution in [0.5, 0.6) is 5.75 Å². The van der Waals surface area contributed by atoms with Crippen LogP contribution < -0.4 is 10.1 Å². The molecule has 17 heavy (non-hydrogen) atoms. The molecule has 0 heterocycles. The van der Waals surface area contributed by atoms with Crippen LogP contribution in [-0.2, 0) is 6.54 Å². The van der Waals surface area contributed by atoms with Gasteiger partial charge in [-0.25, -0.2) is 0 Å². The predicted octanol–water partition coefficient (Wildman–Crippen LogP) is 2.17. The lowest BCUT2D eigenvalue weighted by molar-refractivity contribution is 0.0794. The minimum atomic E-state index is -0.689. The van der Waals surface area contributed by atoms with Gasteiger partial charge in [-0.05, 0) is 44.9 Å². The second kappa shape index (κ2) is 5.52. The molecule has 0 saturated heterocycles. The molecule has 0 aromatic heterocycles. The number of hydrogen-bond donors (Lipinski definition) is 2. The third-order valence-corrected chi connectivity index (χ3v) is 2.66. The lowest BCUT2D eigenvalue weighted by Crippen LogP contribution is -2.34. The van der Waals surface area contributed by atoms with E-state index in [4.69, 9.17) is 4.74 Å². The van der Waals surface area contributed by atoms with Crippen LogP contribution in [0, 0.1) is 13.8 Å². The third-order valence-electron chi connectivity index (χ3n) is 2.66. The van der Waals surface area contributed by atoms with Gasteiger partial charge in [-0.1, -0.05) is 6.07 Å². The van der Waals surface area contributed by atoms with Crippen molar-refractivity contribution in [2.45, 2.75) is 39.8 Å². The Morgan fingerprint density at radius 2 is 1.94 bits per heavy atom. The maximum atomic E-state index is 9.64. The summed E-state index contributed by atoms with van der Waals surface area (Å²) in [6.45, 7) is 8.99. The van der Waals surface area contributed by atoms with E-state index in [0.717, 1.165) is 11.3 Å². The van der Waals surface area contributed by atoms with E-state index < -0.39 is 5.60 Å². The van der Waals surface area contributed by atoms with Crippen LogP contribution in [0.4, 0.5) is 0 Å². The van der Waals surface area contributed by atoms with Crippen molar-refractivity contribution < 1.29 is 9.84 Å². The number of aliphatic hydroxyl groups is 1. The van der Waals surface area contributed by atoms with E-state index in [1.165, 1.54) is 11.1 Å². The van der Waals surface area contributed by atoms with Crippen LogP contribution in [0.1, 0.15) is 30.5 Å². The second-order valence-electron chi connectivity index (χ2n) is 5.18. The van der Waals surface area contributed by atoms with Gasteiger partial charge in [0, 0.05) is 18.7 Å². The minimum Gasteiger partial charge on any atom is -0.496 e. The van der Waals surface area contributed by atoms with Crippen LogP contribution in [0.25, 0.3) is 0 Å². The fraction of sp³-hybridized carbons (Fsp3) is 0.571. The van der Waals surface area contributed by atoms with Gasteiger partial charge < -0.3 is 15.2 Å². The first kappa shape index (κ1) is 14.0. The summed E-state index contributed by atoms with van der Waals surface area (Å²) in [6.07, 6.45) is 0. The van der Waals surface area contributed by atoms with E-state index in [2.05, 4.69) is 25.2 Å². The molecule has 0 atom stereocenters. The number of benzene rings is 1. The van der Waals surface area contributed by atoms with Gasteiger partial charge in [-0.2, -0.15) is 0 Å². The number of rotatable bonds is 5. The summed E-state index contributed by atoms with van der Waals surface area (Å²) < 4.78 is 5.39. The summed E-state index contributed by atoms with van der Waals surface area (Å²) in [5, 5.41) is 12.9. The van der Waals surface area contributed by atoms with E-state index in [1.54, 1.807) is 21.0 Å². The van der Waals surface area contributed by atoms with Crippen molar-refractivity contribution in [1.29, 1.82) is 0 Å². The zero-order chi connectivity index (χ0) is 13.1. The second-order valence-corrected chi connectivity index (χ2v) is 5.18. The molecular weight excluding hydrogens is 214 g/mol. The van der Waals surface area contributed by atoms with E-state index in [1.807, 2.05) is 6.07 Å². The zero-order valence-corrected chi connectivity index (χ0v) is 11.4. The van der Waals surface area contributed by atoms with Gasteiger partial charge in [0.1, 0.15) is 5.75 Å². The first-order valence-corrected chi connectivity index (χ1v) is 5.90. The molecule has 96 valence electrons. The van der Waals surface area contributed by atoms with E-state index in [-0.39, 0.29) is 0 Å². The molecule has 0 spiro atoms. The predicted molar refractivity (Wildman–Crippen MR) is 70.5 cm³/mol. The molecule has 0 fully saturated rings. The molecule has 2 N–H and O–H groups in total.